The molecule has 0 radical (unpaired) electrons. The molecule has 3 heterocycles. The van der Waals surface area contributed by atoms with E-state index in [1.807, 2.05) is 22.7 Å². The van der Waals surface area contributed by atoms with E-state index in [-0.39, 0.29) is 0 Å². The van der Waals surface area contributed by atoms with E-state index < -0.39 is 0 Å². The number of aromatic nitrogens is 1. The van der Waals surface area contributed by atoms with Gasteiger partial charge < -0.3 is 4.57 Å². The van der Waals surface area contributed by atoms with Crippen molar-refractivity contribution in [2.24, 2.45) is 0 Å². The van der Waals surface area contributed by atoms with Crippen LogP contribution in [0.1, 0.15) is 0 Å². The van der Waals surface area contributed by atoms with Crippen molar-refractivity contribution in [1.82, 2.24) is 4.57 Å². The molecule has 0 amide bonds. The molecule has 0 aliphatic carbocycles. The normalized spacial score (nSPS) is 12.0. The highest BCUT2D eigenvalue weighted by atomic mass is 32.1. The molecular formula is C42H25NS2. The second-order valence-corrected chi connectivity index (χ2v) is 13.9. The molecule has 0 fully saturated rings. The quantitative estimate of drug-likeness (QED) is 0.188. The maximum Gasteiger partial charge on any atom is 0.0555 e. The first kappa shape index (κ1) is 25.1. The zero-order chi connectivity index (χ0) is 29.5. The molecule has 10 rings (SSSR count). The Hall–Kier alpha value is -5.22. The maximum absolute atomic E-state index is 2.49. The van der Waals surface area contributed by atoms with Crippen molar-refractivity contribution in [2.75, 3.05) is 0 Å². The van der Waals surface area contributed by atoms with E-state index in [0.717, 1.165) is 0 Å². The Labute approximate surface area is 267 Å². The molecule has 0 spiro atoms. The lowest BCUT2D eigenvalue weighted by Crippen LogP contribution is -1.94. The molecule has 0 atom stereocenters. The summed E-state index contributed by atoms with van der Waals surface area (Å²) in [5, 5.41) is 7.84. The van der Waals surface area contributed by atoms with E-state index in [9.17, 15) is 0 Å². The fourth-order valence-corrected chi connectivity index (χ4v) is 9.33. The van der Waals surface area contributed by atoms with Crippen molar-refractivity contribution in [3.05, 3.63) is 152 Å². The van der Waals surface area contributed by atoms with Gasteiger partial charge in [0.1, 0.15) is 0 Å². The van der Waals surface area contributed by atoms with E-state index in [4.69, 9.17) is 0 Å². The molecule has 0 aliphatic heterocycles. The number of benzene rings is 7. The van der Waals surface area contributed by atoms with Crippen LogP contribution in [0.5, 0.6) is 0 Å². The molecule has 1 nitrogen and oxygen atoms in total. The third-order valence-corrected chi connectivity index (χ3v) is 11.5. The fourth-order valence-electron chi connectivity index (χ4n) is 7.12. The van der Waals surface area contributed by atoms with Gasteiger partial charge in [-0.05, 0) is 82.9 Å². The lowest BCUT2D eigenvalue weighted by molar-refractivity contribution is 1.20. The van der Waals surface area contributed by atoms with Gasteiger partial charge in [0.25, 0.3) is 0 Å². The van der Waals surface area contributed by atoms with Gasteiger partial charge in [-0.25, -0.2) is 0 Å². The van der Waals surface area contributed by atoms with E-state index in [1.165, 1.54) is 90.1 Å². The SMILES string of the molecule is c1ccc(-c2ccc3c(c2)c2cc(-c4ccc5sc6ccccc6c5c4)ccc2n3-c2cccc3sc4ccccc4c23)cc1. The molecule has 45 heavy (non-hydrogen) atoms. The second kappa shape index (κ2) is 9.64. The molecule has 7 aromatic carbocycles. The van der Waals surface area contributed by atoms with Gasteiger partial charge in [0.2, 0.25) is 0 Å². The minimum Gasteiger partial charge on any atom is -0.309 e. The standard InChI is InChI=1S/C42H25NS2/c1-2-9-26(10-3-1)27-17-20-35-32(23-27)33-24-28(29-19-22-40-34(25-29)30-11-4-6-14-38(30)44-40)18-21-36(33)43(35)37-13-8-16-41-42(37)31-12-5-7-15-39(31)45-41/h1-25H. The number of thiophene rings is 2. The minimum absolute atomic E-state index is 1.23. The van der Waals surface area contributed by atoms with Crippen molar-refractivity contribution in [2.45, 2.75) is 0 Å². The van der Waals surface area contributed by atoms with E-state index in [0.29, 0.717) is 0 Å². The van der Waals surface area contributed by atoms with Crippen LogP contribution in [0.2, 0.25) is 0 Å². The zero-order valence-electron chi connectivity index (χ0n) is 24.2. The topological polar surface area (TPSA) is 4.93 Å². The lowest BCUT2D eigenvalue weighted by Gasteiger charge is -2.11. The summed E-state index contributed by atoms with van der Waals surface area (Å²) < 4.78 is 7.80. The largest absolute Gasteiger partial charge is 0.309 e. The molecule has 0 saturated heterocycles. The van der Waals surface area contributed by atoms with Gasteiger partial charge in [-0.15, -0.1) is 22.7 Å². The van der Waals surface area contributed by atoms with Crippen molar-refractivity contribution >= 4 is 84.8 Å². The summed E-state index contributed by atoms with van der Waals surface area (Å²) in [5.41, 5.74) is 8.64. The van der Waals surface area contributed by atoms with Gasteiger partial charge in [0.05, 0.1) is 16.7 Å². The highest BCUT2D eigenvalue weighted by Crippen LogP contribution is 2.43. The Kier molecular flexibility index (Phi) is 5.39. The van der Waals surface area contributed by atoms with Gasteiger partial charge in [-0.2, -0.15) is 0 Å². The first-order valence-electron chi connectivity index (χ1n) is 15.3. The summed E-state index contributed by atoms with van der Waals surface area (Å²) >= 11 is 3.74. The summed E-state index contributed by atoms with van der Waals surface area (Å²) in [6.45, 7) is 0. The Balaban J connectivity index is 1.27. The van der Waals surface area contributed by atoms with Crippen LogP contribution in [0.15, 0.2) is 152 Å². The van der Waals surface area contributed by atoms with Gasteiger partial charge in [0.15, 0.2) is 0 Å². The molecule has 3 heteroatoms. The Morgan fingerprint density at radius 1 is 0.333 bits per heavy atom. The van der Waals surface area contributed by atoms with Crippen molar-refractivity contribution < 1.29 is 0 Å². The highest BCUT2D eigenvalue weighted by Gasteiger charge is 2.18. The first-order valence-corrected chi connectivity index (χ1v) is 16.9. The predicted molar refractivity (Wildman–Crippen MR) is 197 cm³/mol. The predicted octanol–water partition coefficient (Wildman–Crippen LogP) is 12.9. The van der Waals surface area contributed by atoms with Crippen LogP contribution in [0.25, 0.3) is 90.1 Å². The minimum atomic E-state index is 1.23. The van der Waals surface area contributed by atoms with Crippen LogP contribution in [0.4, 0.5) is 0 Å². The first-order chi connectivity index (χ1) is 22.3. The Morgan fingerprint density at radius 2 is 0.867 bits per heavy atom. The third-order valence-electron chi connectivity index (χ3n) is 9.20. The number of hydrogen-bond donors (Lipinski definition) is 0. The van der Waals surface area contributed by atoms with Gasteiger partial charge in [-0.1, -0.05) is 91.0 Å². The van der Waals surface area contributed by atoms with Crippen LogP contribution in [-0.2, 0) is 0 Å². The van der Waals surface area contributed by atoms with Gasteiger partial charge >= 0.3 is 0 Å². The molecule has 0 saturated carbocycles. The van der Waals surface area contributed by atoms with Crippen molar-refractivity contribution in [3.8, 4) is 27.9 Å². The molecule has 0 N–H and O–H groups in total. The molecular weight excluding hydrogens is 583 g/mol. The molecule has 0 unspecified atom stereocenters. The lowest BCUT2D eigenvalue weighted by atomic mass is 9.99. The van der Waals surface area contributed by atoms with Gasteiger partial charge in [0, 0.05) is 51.1 Å². The number of fused-ring (bicyclic) bond motifs is 9. The average molecular weight is 608 g/mol. The molecule has 3 aromatic heterocycles. The molecule has 10 aromatic rings. The summed E-state index contributed by atoms with van der Waals surface area (Å²) in [4.78, 5) is 0. The fraction of sp³-hybridized carbons (Fsp3) is 0. The maximum atomic E-state index is 2.49. The smallest absolute Gasteiger partial charge is 0.0555 e. The number of nitrogens with zero attached hydrogens (tertiary/aromatic N) is 1. The van der Waals surface area contributed by atoms with E-state index >= 15 is 0 Å². The van der Waals surface area contributed by atoms with Crippen LogP contribution >= 0.6 is 22.7 Å². The summed E-state index contributed by atoms with van der Waals surface area (Å²) in [6.07, 6.45) is 0. The number of rotatable bonds is 3. The Bertz CT molecular complexity index is 2760. The zero-order valence-corrected chi connectivity index (χ0v) is 25.8. The second-order valence-electron chi connectivity index (χ2n) is 11.7. The highest BCUT2D eigenvalue weighted by molar-refractivity contribution is 7.26. The summed E-state index contributed by atoms with van der Waals surface area (Å²) in [6, 6.07) is 56.0. The van der Waals surface area contributed by atoms with Crippen LogP contribution < -0.4 is 0 Å². The monoisotopic (exact) mass is 607 g/mol. The molecule has 210 valence electrons. The molecule has 0 bridgehead atoms. The Morgan fingerprint density at radius 3 is 1.62 bits per heavy atom. The third kappa shape index (κ3) is 3.78. The van der Waals surface area contributed by atoms with Crippen LogP contribution in [0, 0.1) is 0 Å². The van der Waals surface area contributed by atoms with Crippen LogP contribution in [0.3, 0.4) is 0 Å². The number of hydrogen-bond acceptors (Lipinski definition) is 2. The molecule has 0 aliphatic rings. The van der Waals surface area contributed by atoms with Gasteiger partial charge in [-0.3, -0.25) is 0 Å². The average Bonchev–Trinajstić information content (AvgIpc) is 3.77. The van der Waals surface area contributed by atoms with Crippen molar-refractivity contribution in [1.29, 1.82) is 0 Å². The van der Waals surface area contributed by atoms with E-state index in [1.54, 1.807) is 0 Å². The summed E-state index contributed by atoms with van der Waals surface area (Å²) in [5.74, 6) is 0. The van der Waals surface area contributed by atoms with Crippen LogP contribution in [-0.4, -0.2) is 4.57 Å². The summed E-state index contributed by atoms with van der Waals surface area (Å²) in [7, 11) is 0. The van der Waals surface area contributed by atoms with E-state index in [2.05, 4.69) is 156 Å². The van der Waals surface area contributed by atoms with Crippen molar-refractivity contribution in [3.63, 3.8) is 0 Å².